The fourth-order valence-corrected chi connectivity index (χ4v) is 3.36. The molecule has 10 heteroatoms. The van der Waals surface area contributed by atoms with Crippen molar-refractivity contribution in [2.45, 2.75) is 32.9 Å². The number of aliphatic hydroxyl groups excluding tert-OH is 1. The van der Waals surface area contributed by atoms with E-state index in [1.165, 1.54) is 10.9 Å². The molecular formula is C22H26N8O2. The van der Waals surface area contributed by atoms with Crippen LogP contribution in [0, 0.1) is 0 Å². The van der Waals surface area contributed by atoms with E-state index in [4.69, 9.17) is 0 Å². The van der Waals surface area contributed by atoms with Crippen molar-refractivity contribution in [2.24, 2.45) is 7.05 Å². The second kappa shape index (κ2) is 8.39. The number of anilines is 3. The number of nitrogens with one attached hydrogen (secondary N) is 2. The number of aromatic nitrogens is 6. The van der Waals surface area contributed by atoms with Crippen LogP contribution in [-0.2, 0) is 13.6 Å². The Morgan fingerprint density at radius 2 is 1.97 bits per heavy atom. The van der Waals surface area contributed by atoms with Crippen LogP contribution in [0.1, 0.15) is 20.8 Å². The summed E-state index contributed by atoms with van der Waals surface area (Å²) in [5.74, 6) is 1.58. The van der Waals surface area contributed by atoms with E-state index in [2.05, 4.69) is 30.7 Å². The maximum atomic E-state index is 13.0. The van der Waals surface area contributed by atoms with E-state index in [0.29, 0.717) is 22.8 Å². The molecule has 4 rings (SSSR count). The van der Waals surface area contributed by atoms with Crippen molar-refractivity contribution in [1.82, 2.24) is 29.3 Å². The average molecular weight is 435 g/mol. The zero-order valence-electron chi connectivity index (χ0n) is 18.5. The number of hydrogen-bond donors (Lipinski definition) is 3. The third-order valence-corrected chi connectivity index (χ3v) is 4.72. The summed E-state index contributed by atoms with van der Waals surface area (Å²) in [5.41, 5.74) is 1.09. The number of hydrogen-bond acceptors (Lipinski definition) is 8. The van der Waals surface area contributed by atoms with Gasteiger partial charge in [0.2, 0.25) is 0 Å². The zero-order valence-corrected chi connectivity index (χ0v) is 18.5. The Labute approximate surface area is 185 Å². The summed E-state index contributed by atoms with van der Waals surface area (Å²) in [6.07, 6.45) is 6.77. The molecule has 0 unspecified atom stereocenters. The third kappa shape index (κ3) is 4.59. The predicted molar refractivity (Wildman–Crippen MR) is 124 cm³/mol. The average Bonchev–Trinajstić information content (AvgIpc) is 3.15. The van der Waals surface area contributed by atoms with Crippen molar-refractivity contribution in [3.8, 4) is 11.3 Å². The Bertz CT molecular complexity index is 1320. The highest BCUT2D eigenvalue weighted by atomic mass is 16.3. The Morgan fingerprint density at radius 3 is 2.66 bits per heavy atom. The maximum Gasteiger partial charge on any atom is 0.262 e. The van der Waals surface area contributed by atoms with Crippen LogP contribution in [0.4, 0.5) is 17.5 Å². The van der Waals surface area contributed by atoms with Gasteiger partial charge < -0.3 is 20.3 Å². The lowest BCUT2D eigenvalue weighted by atomic mass is 10.1. The number of aryl methyl sites for hydroxylation is 1. The summed E-state index contributed by atoms with van der Waals surface area (Å²) in [4.78, 5) is 26.3. The van der Waals surface area contributed by atoms with Gasteiger partial charge in [-0.05, 0) is 38.3 Å². The van der Waals surface area contributed by atoms with Gasteiger partial charge in [-0.1, -0.05) is 0 Å². The molecule has 0 atom stereocenters. The predicted octanol–water partition coefficient (Wildman–Crippen LogP) is 2.53. The van der Waals surface area contributed by atoms with Crippen molar-refractivity contribution in [3.05, 3.63) is 53.5 Å². The Morgan fingerprint density at radius 1 is 1.16 bits per heavy atom. The number of fused-ring (bicyclic) bond motifs is 1. The van der Waals surface area contributed by atoms with Gasteiger partial charge in [0.05, 0.1) is 23.9 Å². The zero-order chi connectivity index (χ0) is 22.9. The van der Waals surface area contributed by atoms with Gasteiger partial charge in [-0.15, -0.1) is 0 Å². The molecule has 0 radical (unpaired) electrons. The van der Waals surface area contributed by atoms with Gasteiger partial charge in [0, 0.05) is 43.2 Å². The van der Waals surface area contributed by atoms with Crippen LogP contribution < -0.4 is 16.2 Å². The SMILES string of the molecule is Cn1cc(-c2cc(Nc3cc4ccn(CCO)c(=O)c4c(NC(C)(C)C)n3)ncn2)cn1. The molecule has 0 spiro atoms. The summed E-state index contributed by atoms with van der Waals surface area (Å²) in [6.45, 7) is 6.11. The first-order chi connectivity index (χ1) is 15.2. The van der Waals surface area contributed by atoms with Crippen molar-refractivity contribution >= 4 is 28.2 Å². The Hall–Kier alpha value is -3.79. The monoisotopic (exact) mass is 434 g/mol. The topological polar surface area (TPSA) is 123 Å². The molecule has 0 aliphatic carbocycles. The molecule has 4 heterocycles. The second-order valence-corrected chi connectivity index (χ2v) is 8.55. The summed E-state index contributed by atoms with van der Waals surface area (Å²) in [7, 11) is 1.85. The van der Waals surface area contributed by atoms with Crippen LogP contribution >= 0.6 is 0 Å². The molecule has 4 aromatic heterocycles. The minimum atomic E-state index is -0.314. The van der Waals surface area contributed by atoms with Crippen molar-refractivity contribution in [3.63, 3.8) is 0 Å². The number of pyridine rings is 2. The number of rotatable bonds is 6. The van der Waals surface area contributed by atoms with Crippen LogP contribution in [-0.4, -0.2) is 46.6 Å². The van der Waals surface area contributed by atoms with Gasteiger partial charge in [0.25, 0.3) is 5.56 Å². The Kier molecular flexibility index (Phi) is 5.62. The van der Waals surface area contributed by atoms with E-state index in [1.54, 1.807) is 23.1 Å². The second-order valence-electron chi connectivity index (χ2n) is 8.55. The summed E-state index contributed by atoms with van der Waals surface area (Å²) < 4.78 is 3.19. The van der Waals surface area contributed by atoms with Crippen LogP contribution in [0.25, 0.3) is 22.0 Å². The molecule has 4 aromatic rings. The lowest BCUT2D eigenvalue weighted by molar-refractivity contribution is 0.274. The van der Waals surface area contributed by atoms with E-state index >= 15 is 0 Å². The standard InChI is InChI=1S/C22H26N8O2/c1-22(2,3)28-20-19-14(5-6-30(7-8-31)21(19)32)9-18(27-20)26-17-10-16(23-13-24-17)15-11-25-29(4)12-15/h5-6,9-13,31H,7-8H2,1-4H3,(H2,23,24,26,27,28). The van der Waals surface area contributed by atoms with E-state index in [-0.39, 0.29) is 24.2 Å². The van der Waals surface area contributed by atoms with Gasteiger partial charge in [-0.3, -0.25) is 9.48 Å². The molecule has 0 saturated carbocycles. The number of nitrogens with zero attached hydrogens (tertiary/aromatic N) is 6. The molecule has 0 aromatic carbocycles. The molecule has 0 amide bonds. The highest BCUT2D eigenvalue weighted by molar-refractivity contribution is 5.93. The fourth-order valence-electron chi connectivity index (χ4n) is 3.36. The summed E-state index contributed by atoms with van der Waals surface area (Å²) in [5, 5.41) is 21.2. The van der Waals surface area contributed by atoms with Crippen LogP contribution in [0.5, 0.6) is 0 Å². The van der Waals surface area contributed by atoms with Crippen LogP contribution in [0.2, 0.25) is 0 Å². The molecule has 10 nitrogen and oxygen atoms in total. The lowest BCUT2D eigenvalue weighted by Gasteiger charge is -2.23. The van der Waals surface area contributed by atoms with Gasteiger partial charge in [-0.2, -0.15) is 5.10 Å². The quantitative estimate of drug-likeness (QED) is 0.423. The van der Waals surface area contributed by atoms with Crippen molar-refractivity contribution < 1.29 is 5.11 Å². The molecule has 0 bridgehead atoms. The molecule has 166 valence electrons. The molecule has 32 heavy (non-hydrogen) atoms. The van der Waals surface area contributed by atoms with Crippen LogP contribution in [0.15, 0.2) is 47.9 Å². The summed E-state index contributed by atoms with van der Waals surface area (Å²) >= 11 is 0. The minimum Gasteiger partial charge on any atom is -0.395 e. The van der Waals surface area contributed by atoms with E-state index < -0.39 is 0 Å². The minimum absolute atomic E-state index is 0.118. The molecule has 0 aliphatic heterocycles. The first-order valence-corrected chi connectivity index (χ1v) is 10.2. The maximum absolute atomic E-state index is 13.0. The van der Waals surface area contributed by atoms with Crippen LogP contribution in [0.3, 0.4) is 0 Å². The molecule has 0 fully saturated rings. The Balaban J connectivity index is 1.76. The normalized spacial score (nSPS) is 11.7. The third-order valence-electron chi connectivity index (χ3n) is 4.72. The van der Waals surface area contributed by atoms with E-state index in [0.717, 1.165) is 16.6 Å². The van der Waals surface area contributed by atoms with Gasteiger partial charge in [-0.25, -0.2) is 15.0 Å². The molecule has 3 N–H and O–H groups in total. The fraction of sp³-hybridized carbons (Fsp3) is 0.318. The number of aliphatic hydroxyl groups is 1. The smallest absolute Gasteiger partial charge is 0.262 e. The van der Waals surface area contributed by atoms with Gasteiger partial charge in [0.15, 0.2) is 0 Å². The highest BCUT2D eigenvalue weighted by Gasteiger charge is 2.17. The van der Waals surface area contributed by atoms with Gasteiger partial charge in [0.1, 0.15) is 23.8 Å². The molecular weight excluding hydrogens is 408 g/mol. The highest BCUT2D eigenvalue weighted by Crippen LogP contribution is 2.27. The first-order valence-electron chi connectivity index (χ1n) is 10.2. The first kappa shape index (κ1) is 21.4. The lowest BCUT2D eigenvalue weighted by Crippen LogP contribution is -2.29. The molecule has 0 saturated heterocycles. The van der Waals surface area contributed by atoms with E-state index in [1.807, 2.05) is 46.1 Å². The molecule has 0 aliphatic rings. The van der Waals surface area contributed by atoms with Crippen molar-refractivity contribution in [1.29, 1.82) is 0 Å². The van der Waals surface area contributed by atoms with Gasteiger partial charge >= 0.3 is 0 Å². The van der Waals surface area contributed by atoms with E-state index in [9.17, 15) is 9.90 Å². The van der Waals surface area contributed by atoms with Crippen molar-refractivity contribution in [2.75, 3.05) is 17.2 Å². The largest absolute Gasteiger partial charge is 0.395 e. The summed E-state index contributed by atoms with van der Waals surface area (Å²) in [6, 6.07) is 5.47.